The Kier molecular flexibility index (Phi) is 3.76. The number of para-hydroxylation sites is 1. The fraction of sp³-hybridized carbons (Fsp3) is 0.250. The van der Waals surface area contributed by atoms with Gasteiger partial charge in [0.2, 0.25) is 0 Å². The van der Waals surface area contributed by atoms with Crippen LogP contribution in [0.25, 0.3) is 0 Å². The number of hydrogen-bond acceptors (Lipinski definition) is 3. The van der Waals surface area contributed by atoms with Gasteiger partial charge in [0.05, 0.1) is 12.8 Å². The molecule has 0 fully saturated rings. The Morgan fingerprint density at radius 1 is 1.05 bits per heavy atom. The van der Waals surface area contributed by atoms with Gasteiger partial charge in [-0.2, -0.15) is 0 Å². The van der Waals surface area contributed by atoms with Crippen LogP contribution in [0.4, 0.5) is 5.69 Å². The molecule has 0 amide bonds. The van der Waals surface area contributed by atoms with Crippen molar-refractivity contribution in [3.8, 4) is 5.75 Å². The van der Waals surface area contributed by atoms with Gasteiger partial charge in [-0.3, -0.25) is 0 Å². The van der Waals surface area contributed by atoms with Crippen molar-refractivity contribution in [2.24, 2.45) is 0 Å². The van der Waals surface area contributed by atoms with Crippen LogP contribution in [0, 0.1) is 13.8 Å². The van der Waals surface area contributed by atoms with E-state index in [1.807, 2.05) is 44.2 Å². The summed E-state index contributed by atoms with van der Waals surface area (Å²) in [6.45, 7) is 4.03. The first-order chi connectivity index (χ1) is 9.06. The number of nitrogens with two attached hydrogens (primary N) is 1. The third-order valence-corrected chi connectivity index (χ3v) is 3.56. The molecule has 0 heterocycles. The van der Waals surface area contributed by atoms with Crippen molar-refractivity contribution in [1.29, 1.82) is 0 Å². The van der Waals surface area contributed by atoms with E-state index in [1.54, 1.807) is 13.2 Å². The lowest BCUT2D eigenvalue weighted by atomic mass is 9.94. The van der Waals surface area contributed by atoms with E-state index >= 15 is 0 Å². The van der Waals surface area contributed by atoms with Crippen LogP contribution in [0.3, 0.4) is 0 Å². The summed E-state index contributed by atoms with van der Waals surface area (Å²) in [4.78, 5) is 0. The molecule has 0 radical (unpaired) electrons. The van der Waals surface area contributed by atoms with Crippen molar-refractivity contribution in [3.63, 3.8) is 0 Å². The second-order valence-corrected chi connectivity index (χ2v) is 4.65. The predicted octanol–water partition coefficient (Wildman–Crippen LogP) is 2.98. The second kappa shape index (κ2) is 5.33. The van der Waals surface area contributed by atoms with E-state index < -0.39 is 6.10 Å². The molecular weight excluding hydrogens is 238 g/mol. The van der Waals surface area contributed by atoms with Crippen LogP contribution in [-0.4, -0.2) is 12.2 Å². The molecule has 0 saturated carbocycles. The molecule has 0 spiro atoms. The molecule has 2 rings (SSSR count). The molecule has 2 aromatic carbocycles. The van der Waals surface area contributed by atoms with Gasteiger partial charge in [0, 0.05) is 5.56 Å². The minimum atomic E-state index is -0.741. The standard InChI is InChI=1S/C16H19NO2/c1-10-6-4-7-12(11(10)2)16(18)13-8-5-9-14(19-3)15(13)17/h4-9,16,18H,17H2,1-3H3. The Labute approximate surface area is 113 Å². The number of nitrogen functional groups attached to an aromatic ring is 1. The van der Waals surface area contributed by atoms with Crippen LogP contribution < -0.4 is 10.5 Å². The van der Waals surface area contributed by atoms with Crippen molar-refractivity contribution in [1.82, 2.24) is 0 Å². The molecule has 0 aliphatic rings. The van der Waals surface area contributed by atoms with Crippen LogP contribution in [-0.2, 0) is 0 Å². The minimum absolute atomic E-state index is 0.485. The number of benzene rings is 2. The number of hydrogen-bond donors (Lipinski definition) is 2. The van der Waals surface area contributed by atoms with E-state index in [9.17, 15) is 5.11 Å². The zero-order valence-electron chi connectivity index (χ0n) is 11.5. The molecule has 3 N–H and O–H groups in total. The SMILES string of the molecule is COc1cccc(C(O)c2cccc(C)c2C)c1N. The molecule has 0 aliphatic heterocycles. The minimum Gasteiger partial charge on any atom is -0.495 e. The molecule has 3 heteroatoms. The Bertz CT molecular complexity index is 593. The molecule has 2 aromatic rings. The first kappa shape index (κ1) is 13.4. The zero-order chi connectivity index (χ0) is 14.0. The Balaban J connectivity index is 2.50. The van der Waals surface area contributed by atoms with E-state index in [2.05, 4.69) is 0 Å². The number of aryl methyl sites for hydroxylation is 1. The summed E-state index contributed by atoms with van der Waals surface area (Å²) >= 11 is 0. The summed E-state index contributed by atoms with van der Waals surface area (Å²) in [6.07, 6.45) is -0.741. The normalized spacial score (nSPS) is 12.2. The summed E-state index contributed by atoms with van der Waals surface area (Å²) < 4.78 is 5.19. The number of anilines is 1. The van der Waals surface area contributed by atoms with E-state index in [4.69, 9.17) is 10.5 Å². The van der Waals surface area contributed by atoms with Crippen LogP contribution >= 0.6 is 0 Å². The lowest BCUT2D eigenvalue weighted by molar-refractivity contribution is 0.220. The van der Waals surface area contributed by atoms with Gasteiger partial charge >= 0.3 is 0 Å². The van der Waals surface area contributed by atoms with Crippen molar-refractivity contribution in [2.45, 2.75) is 20.0 Å². The molecule has 100 valence electrons. The maximum Gasteiger partial charge on any atom is 0.142 e. The van der Waals surface area contributed by atoms with Gasteiger partial charge in [-0.1, -0.05) is 30.3 Å². The van der Waals surface area contributed by atoms with Crippen molar-refractivity contribution < 1.29 is 9.84 Å². The number of aliphatic hydroxyl groups is 1. The van der Waals surface area contributed by atoms with Gasteiger partial charge in [0.15, 0.2) is 0 Å². The smallest absolute Gasteiger partial charge is 0.142 e. The highest BCUT2D eigenvalue weighted by atomic mass is 16.5. The molecular formula is C16H19NO2. The molecule has 0 saturated heterocycles. The first-order valence-electron chi connectivity index (χ1n) is 6.22. The molecule has 3 nitrogen and oxygen atoms in total. The van der Waals surface area contributed by atoms with Crippen LogP contribution in [0.5, 0.6) is 5.75 Å². The zero-order valence-corrected chi connectivity index (χ0v) is 11.5. The average Bonchev–Trinajstić information content (AvgIpc) is 2.41. The van der Waals surface area contributed by atoms with Crippen LogP contribution in [0.2, 0.25) is 0 Å². The first-order valence-corrected chi connectivity index (χ1v) is 6.22. The Morgan fingerprint density at radius 2 is 1.68 bits per heavy atom. The van der Waals surface area contributed by atoms with Crippen LogP contribution in [0.15, 0.2) is 36.4 Å². The lowest BCUT2D eigenvalue weighted by Crippen LogP contribution is -2.07. The van der Waals surface area contributed by atoms with Gasteiger partial charge in [-0.15, -0.1) is 0 Å². The van der Waals surface area contributed by atoms with Crippen LogP contribution in [0.1, 0.15) is 28.4 Å². The summed E-state index contributed by atoms with van der Waals surface area (Å²) in [6, 6.07) is 11.3. The summed E-state index contributed by atoms with van der Waals surface area (Å²) in [5, 5.41) is 10.6. The number of methoxy groups -OCH3 is 1. The molecule has 1 atom stereocenters. The highest BCUT2D eigenvalue weighted by Gasteiger charge is 2.18. The van der Waals surface area contributed by atoms with Crippen molar-refractivity contribution in [3.05, 3.63) is 58.7 Å². The molecule has 0 aromatic heterocycles. The lowest BCUT2D eigenvalue weighted by Gasteiger charge is -2.18. The van der Waals surface area contributed by atoms with Gasteiger partial charge < -0.3 is 15.6 Å². The third-order valence-electron chi connectivity index (χ3n) is 3.56. The van der Waals surface area contributed by atoms with Gasteiger partial charge in [0.1, 0.15) is 11.9 Å². The number of ether oxygens (including phenoxy) is 1. The van der Waals surface area contributed by atoms with Gasteiger partial charge in [0.25, 0.3) is 0 Å². The summed E-state index contributed by atoms with van der Waals surface area (Å²) in [5.74, 6) is 0.585. The second-order valence-electron chi connectivity index (χ2n) is 4.65. The molecule has 0 bridgehead atoms. The number of rotatable bonds is 3. The summed E-state index contributed by atoms with van der Waals surface area (Å²) in [7, 11) is 1.57. The van der Waals surface area contributed by atoms with Crippen molar-refractivity contribution >= 4 is 5.69 Å². The highest BCUT2D eigenvalue weighted by Crippen LogP contribution is 2.34. The van der Waals surface area contributed by atoms with Gasteiger partial charge in [-0.05, 0) is 36.6 Å². The van der Waals surface area contributed by atoms with E-state index in [0.717, 1.165) is 16.7 Å². The number of aliphatic hydroxyl groups excluding tert-OH is 1. The molecule has 1 unspecified atom stereocenters. The summed E-state index contributed by atoms with van der Waals surface area (Å²) in [5.41, 5.74) is 10.3. The third kappa shape index (κ3) is 2.42. The fourth-order valence-electron chi connectivity index (χ4n) is 2.21. The largest absolute Gasteiger partial charge is 0.495 e. The van der Waals surface area contributed by atoms with E-state index in [-0.39, 0.29) is 0 Å². The fourth-order valence-corrected chi connectivity index (χ4v) is 2.21. The predicted molar refractivity (Wildman–Crippen MR) is 77.4 cm³/mol. The Hall–Kier alpha value is -2.00. The van der Waals surface area contributed by atoms with E-state index in [1.165, 1.54) is 0 Å². The Morgan fingerprint density at radius 3 is 2.37 bits per heavy atom. The maximum absolute atomic E-state index is 10.6. The quantitative estimate of drug-likeness (QED) is 0.831. The molecule has 19 heavy (non-hydrogen) atoms. The maximum atomic E-state index is 10.6. The van der Waals surface area contributed by atoms with Gasteiger partial charge in [-0.25, -0.2) is 0 Å². The van der Waals surface area contributed by atoms with E-state index in [0.29, 0.717) is 17.0 Å². The monoisotopic (exact) mass is 257 g/mol. The molecule has 0 aliphatic carbocycles. The highest BCUT2D eigenvalue weighted by molar-refractivity contribution is 5.61. The average molecular weight is 257 g/mol. The van der Waals surface area contributed by atoms with Crippen molar-refractivity contribution in [2.75, 3.05) is 12.8 Å². The topological polar surface area (TPSA) is 55.5 Å².